The SMILES string of the molecule is COc1cc(/C=C2\SC(=O)N(Cc3c(Cl)cccc3Cl)C2=O)ccc1C. The fourth-order valence-corrected chi connectivity index (χ4v) is 3.91. The summed E-state index contributed by atoms with van der Waals surface area (Å²) in [6.45, 7) is 1.97. The molecule has 0 saturated carbocycles. The van der Waals surface area contributed by atoms with E-state index >= 15 is 0 Å². The minimum absolute atomic E-state index is 0.0394. The van der Waals surface area contributed by atoms with Crippen molar-refractivity contribution in [1.82, 2.24) is 4.90 Å². The van der Waals surface area contributed by atoms with Crippen molar-refractivity contribution < 1.29 is 14.3 Å². The second-order valence-corrected chi connectivity index (χ2v) is 7.50. The fourth-order valence-electron chi connectivity index (χ4n) is 2.56. The number of hydrogen-bond donors (Lipinski definition) is 0. The summed E-state index contributed by atoms with van der Waals surface area (Å²) in [5, 5.41) is 0.490. The number of halogens is 2. The monoisotopic (exact) mass is 407 g/mol. The molecule has 0 radical (unpaired) electrons. The van der Waals surface area contributed by atoms with Gasteiger partial charge in [-0.3, -0.25) is 14.5 Å². The maximum absolute atomic E-state index is 12.7. The third-order valence-corrected chi connectivity index (χ3v) is 5.60. The fraction of sp³-hybridized carbons (Fsp3) is 0.158. The molecule has 2 aromatic rings. The van der Waals surface area contributed by atoms with E-state index < -0.39 is 0 Å². The molecule has 2 aromatic carbocycles. The van der Waals surface area contributed by atoms with Crippen molar-refractivity contribution in [2.75, 3.05) is 7.11 Å². The van der Waals surface area contributed by atoms with Gasteiger partial charge >= 0.3 is 0 Å². The molecular formula is C19H15Cl2NO3S. The van der Waals surface area contributed by atoms with E-state index in [1.807, 2.05) is 25.1 Å². The summed E-state index contributed by atoms with van der Waals surface area (Å²) in [6, 6.07) is 10.7. The minimum Gasteiger partial charge on any atom is -0.496 e. The second-order valence-electron chi connectivity index (χ2n) is 5.70. The first-order valence-corrected chi connectivity index (χ1v) is 9.31. The van der Waals surface area contributed by atoms with Gasteiger partial charge in [0.2, 0.25) is 0 Å². The van der Waals surface area contributed by atoms with Crippen molar-refractivity contribution in [1.29, 1.82) is 0 Å². The van der Waals surface area contributed by atoms with Gasteiger partial charge in [-0.1, -0.05) is 41.4 Å². The third-order valence-electron chi connectivity index (χ3n) is 3.98. The van der Waals surface area contributed by atoms with Crippen LogP contribution in [-0.4, -0.2) is 23.2 Å². The summed E-state index contributed by atoms with van der Waals surface area (Å²) in [4.78, 5) is 26.5. The molecule has 134 valence electrons. The summed E-state index contributed by atoms with van der Waals surface area (Å²) < 4.78 is 5.30. The Balaban J connectivity index is 1.87. The standard InChI is InChI=1S/C19H15Cl2NO3S/c1-11-6-7-12(8-16(11)25-2)9-17-18(23)22(19(24)26-17)10-13-14(20)4-3-5-15(13)21/h3-9H,10H2,1-2H3/b17-9-. The van der Waals surface area contributed by atoms with Crippen LogP contribution in [0, 0.1) is 6.92 Å². The Morgan fingerprint density at radius 1 is 1.15 bits per heavy atom. The van der Waals surface area contributed by atoms with E-state index in [9.17, 15) is 9.59 Å². The lowest BCUT2D eigenvalue weighted by Gasteiger charge is -2.14. The van der Waals surface area contributed by atoms with Gasteiger partial charge in [0.1, 0.15) is 5.75 Å². The molecule has 0 bridgehead atoms. The number of carbonyl (C=O) groups excluding carboxylic acids is 2. The maximum Gasteiger partial charge on any atom is 0.293 e. The lowest BCUT2D eigenvalue weighted by Crippen LogP contribution is -2.27. The van der Waals surface area contributed by atoms with Crippen LogP contribution >= 0.6 is 35.0 Å². The zero-order chi connectivity index (χ0) is 18.8. The Morgan fingerprint density at radius 2 is 1.85 bits per heavy atom. The Bertz CT molecular complexity index is 907. The lowest BCUT2D eigenvalue weighted by atomic mass is 10.1. The molecule has 0 aromatic heterocycles. The van der Waals surface area contributed by atoms with E-state index in [4.69, 9.17) is 27.9 Å². The molecule has 1 heterocycles. The molecule has 7 heteroatoms. The summed E-state index contributed by atoms with van der Waals surface area (Å²) in [7, 11) is 1.59. The summed E-state index contributed by atoms with van der Waals surface area (Å²) in [6.07, 6.45) is 1.68. The first-order chi connectivity index (χ1) is 12.4. The zero-order valence-electron chi connectivity index (χ0n) is 14.1. The number of nitrogens with zero attached hydrogens (tertiary/aromatic N) is 1. The van der Waals surface area contributed by atoms with Crippen LogP contribution in [0.4, 0.5) is 4.79 Å². The zero-order valence-corrected chi connectivity index (χ0v) is 16.4. The van der Waals surface area contributed by atoms with Gasteiger partial charge in [0.15, 0.2) is 0 Å². The summed E-state index contributed by atoms with van der Waals surface area (Å²) in [5.41, 5.74) is 2.33. The van der Waals surface area contributed by atoms with Crippen molar-refractivity contribution in [2.45, 2.75) is 13.5 Å². The largest absolute Gasteiger partial charge is 0.496 e. The molecule has 4 nitrogen and oxygen atoms in total. The number of rotatable bonds is 4. The van der Waals surface area contributed by atoms with E-state index in [0.29, 0.717) is 20.5 Å². The number of carbonyl (C=O) groups is 2. The number of imide groups is 1. The van der Waals surface area contributed by atoms with Crippen LogP contribution < -0.4 is 4.74 Å². The van der Waals surface area contributed by atoms with Gasteiger partial charge in [-0.15, -0.1) is 0 Å². The van der Waals surface area contributed by atoms with Crippen molar-refractivity contribution in [3.8, 4) is 5.75 Å². The van der Waals surface area contributed by atoms with E-state index in [1.165, 1.54) is 0 Å². The molecule has 26 heavy (non-hydrogen) atoms. The van der Waals surface area contributed by atoms with Crippen molar-refractivity contribution in [3.05, 3.63) is 68.0 Å². The number of amides is 2. The molecular weight excluding hydrogens is 393 g/mol. The van der Waals surface area contributed by atoms with Gasteiger partial charge in [-0.05, 0) is 54.1 Å². The number of ether oxygens (including phenoxy) is 1. The smallest absolute Gasteiger partial charge is 0.293 e. The molecule has 1 saturated heterocycles. The predicted molar refractivity (Wildman–Crippen MR) is 106 cm³/mol. The van der Waals surface area contributed by atoms with E-state index in [-0.39, 0.29) is 17.7 Å². The topological polar surface area (TPSA) is 46.6 Å². The number of hydrogen-bond acceptors (Lipinski definition) is 4. The molecule has 0 spiro atoms. The first-order valence-electron chi connectivity index (χ1n) is 7.73. The van der Waals surface area contributed by atoms with Gasteiger partial charge in [0.25, 0.3) is 11.1 Å². The Morgan fingerprint density at radius 3 is 2.50 bits per heavy atom. The number of aryl methyl sites for hydroxylation is 1. The van der Waals surface area contributed by atoms with Gasteiger partial charge < -0.3 is 4.74 Å². The minimum atomic E-state index is -0.365. The van der Waals surface area contributed by atoms with Crippen molar-refractivity contribution in [2.24, 2.45) is 0 Å². The Kier molecular flexibility index (Phi) is 5.61. The van der Waals surface area contributed by atoms with Crippen molar-refractivity contribution in [3.63, 3.8) is 0 Å². The Labute approximate surface area is 165 Å². The molecule has 1 fully saturated rings. The van der Waals surface area contributed by atoms with Gasteiger partial charge in [-0.25, -0.2) is 0 Å². The van der Waals surface area contributed by atoms with Crippen LogP contribution in [0.3, 0.4) is 0 Å². The molecule has 0 atom stereocenters. The van der Waals surface area contributed by atoms with Gasteiger partial charge in [-0.2, -0.15) is 0 Å². The van der Waals surface area contributed by atoms with E-state index in [1.54, 1.807) is 31.4 Å². The second kappa shape index (κ2) is 7.74. The van der Waals surface area contributed by atoms with Crippen LogP contribution in [0.25, 0.3) is 6.08 Å². The van der Waals surface area contributed by atoms with Gasteiger partial charge in [0, 0.05) is 15.6 Å². The molecule has 0 N–H and O–H groups in total. The highest BCUT2D eigenvalue weighted by molar-refractivity contribution is 8.18. The highest BCUT2D eigenvalue weighted by Gasteiger charge is 2.35. The average molecular weight is 408 g/mol. The summed E-state index contributed by atoms with van der Waals surface area (Å²) in [5.74, 6) is 0.358. The van der Waals surface area contributed by atoms with Crippen LogP contribution in [-0.2, 0) is 11.3 Å². The third kappa shape index (κ3) is 3.75. The molecule has 0 unspecified atom stereocenters. The molecule has 0 aliphatic carbocycles. The molecule has 1 aliphatic rings. The van der Waals surface area contributed by atoms with Crippen LogP contribution in [0.15, 0.2) is 41.3 Å². The predicted octanol–water partition coefficient (Wildman–Crippen LogP) is 5.55. The Hall–Kier alpha value is -1.95. The van der Waals surface area contributed by atoms with E-state index in [2.05, 4.69) is 0 Å². The summed E-state index contributed by atoms with van der Waals surface area (Å²) >= 11 is 13.2. The van der Waals surface area contributed by atoms with Gasteiger partial charge in [0.05, 0.1) is 18.6 Å². The highest BCUT2D eigenvalue weighted by Crippen LogP contribution is 2.36. The normalized spacial score (nSPS) is 15.8. The number of methoxy groups -OCH3 is 1. The molecule has 3 rings (SSSR count). The lowest BCUT2D eigenvalue weighted by molar-refractivity contribution is -0.123. The number of benzene rings is 2. The molecule has 2 amide bonds. The number of thioether (sulfide) groups is 1. The quantitative estimate of drug-likeness (QED) is 0.623. The van der Waals surface area contributed by atoms with Crippen molar-refractivity contribution >= 4 is 52.2 Å². The van der Waals surface area contributed by atoms with Crippen LogP contribution in [0.2, 0.25) is 10.0 Å². The van der Waals surface area contributed by atoms with Crippen LogP contribution in [0.1, 0.15) is 16.7 Å². The highest BCUT2D eigenvalue weighted by atomic mass is 35.5. The average Bonchev–Trinajstić information content (AvgIpc) is 2.87. The first kappa shape index (κ1) is 18.8. The van der Waals surface area contributed by atoms with E-state index in [0.717, 1.165) is 33.5 Å². The van der Waals surface area contributed by atoms with Crippen LogP contribution in [0.5, 0.6) is 5.75 Å². The maximum atomic E-state index is 12.7. The molecule has 1 aliphatic heterocycles.